The normalized spacial score (nSPS) is 17.7. The third-order valence-electron chi connectivity index (χ3n) is 4.18. The molecule has 4 heteroatoms. The molecule has 110 valence electrons. The van der Waals surface area contributed by atoms with Crippen LogP contribution in [-0.4, -0.2) is 12.5 Å². The van der Waals surface area contributed by atoms with Crippen LogP contribution in [0, 0.1) is 5.41 Å². The van der Waals surface area contributed by atoms with Crippen molar-refractivity contribution in [1.29, 1.82) is 0 Å². The molecule has 0 saturated heterocycles. The summed E-state index contributed by atoms with van der Waals surface area (Å²) in [6.07, 6.45) is 6.18. The van der Waals surface area contributed by atoms with E-state index in [0.29, 0.717) is 19.6 Å². The molecule has 1 aliphatic carbocycles. The van der Waals surface area contributed by atoms with Crippen molar-refractivity contribution in [3.8, 4) is 0 Å². The quantitative estimate of drug-likeness (QED) is 0.830. The molecule has 0 amide bonds. The summed E-state index contributed by atoms with van der Waals surface area (Å²) >= 11 is 3.39. The van der Waals surface area contributed by atoms with Gasteiger partial charge in [0, 0.05) is 4.47 Å². The highest BCUT2D eigenvalue weighted by Crippen LogP contribution is 2.38. The number of rotatable bonds is 5. The summed E-state index contributed by atoms with van der Waals surface area (Å²) in [5.41, 5.74) is 6.89. The van der Waals surface area contributed by atoms with Crippen LogP contribution in [0.3, 0.4) is 0 Å². The number of carbonyl (C=O) groups excluding carboxylic acids is 1. The van der Waals surface area contributed by atoms with Gasteiger partial charge in [0.15, 0.2) is 0 Å². The molecule has 1 saturated carbocycles. The SMILES string of the molecule is NCC1(CC(=O)OCc2ccc(Br)cc2)CCCCC1. The fraction of sp³-hybridized carbons (Fsp3) is 0.562. The van der Waals surface area contributed by atoms with Crippen LogP contribution in [0.1, 0.15) is 44.1 Å². The van der Waals surface area contributed by atoms with E-state index in [0.717, 1.165) is 22.9 Å². The van der Waals surface area contributed by atoms with E-state index >= 15 is 0 Å². The molecule has 0 heterocycles. The minimum atomic E-state index is -0.125. The van der Waals surface area contributed by atoms with Crippen LogP contribution in [0.25, 0.3) is 0 Å². The minimum absolute atomic E-state index is 0.0188. The van der Waals surface area contributed by atoms with Gasteiger partial charge in [0.1, 0.15) is 6.61 Å². The molecular formula is C16H22BrNO2. The van der Waals surface area contributed by atoms with Gasteiger partial charge in [-0.25, -0.2) is 0 Å². The molecule has 0 bridgehead atoms. The first kappa shape index (κ1) is 15.5. The summed E-state index contributed by atoms with van der Waals surface area (Å²) in [5.74, 6) is -0.125. The Morgan fingerprint density at radius 3 is 2.45 bits per heavy atom. The van der Waals surface area contributed by atoms with Gasteiger partial charge < -0.3 is 10.5 Å². The van der Waals surface area contributed by atoms with E-state index in [9.17, 15) is 4.79 Å². The highest BCUT2D eigenvalue weighted by molar-refractivity contribution is 9.10. The lowest BCUT2D eigenvalue weighted by Crippen LogP contribution is -2.35. The van der Waals surface area contributed by atoms with E-state index in [1.807, 2.05) is 24.3 Å². The molecule has 0 aromatic heterocycles. The maximum absolute atomic E-state index is 12.0. The molecule has 1 aromatic rings. The van der Waals surface area contributed by atoms with Gasteiger partial charge in [0.05, 0.1) is 6.42 Å². The smallest absolute Gasteiger partial charge is 0.306 e. The van der Waals surface area contributed by atoms with Gasteiger partial charge in [0.2, 0.25) is 0 Å². The van der Waals surface area contributed by atoms with Crippen LogP contribution in [0.2, 0.25) is 0 Å². The molecule has 0 atom stereocenters. The third-order valence-corrected chi connectivity index (χ3v) is 4.71. The van der Waals surface area contributed by atoms with E-state index in [1.54, 1.807) is 0 Å². The number of hydrogen-bond donors (Lipinski definition) is 1. The molecule has 0 radical (unpaired) electrons. The summed E-state index contributed by atoms with van der Waals surface area (Å²) in [5, 5.41) is 0. The largest absolute Gasteiger partial charge is 0.461 e. The summed E-state index contributed by atoms with van der Waals surface area (Å²) in [6, 6.07) is 7.81. The Kier molecular flexibility index (Phi) is 5.61. The van der Waals surface area contributed by atoms with Crippen molar-refractivity contribution in [2.75, 3.05) is 6.54 Å². The molecule has 0 unspecified atom stereocenters. The fourth-order valence-electron chi connectivity index (χ4n) is 2.86. The van der Waals surface area contributed by atoms with Crippen LogP contribution >= 0.6 is 15.9 Å². The van der Waals surface area contributed by atoms with Crippen LogP contribution in [0.5, 0.6) is 0 Å². The average molecular weight is 340 g/mol. The van der Waals surface area contributed by atoms with Gasteiger partial charge in [-0.15, -0.1) is 0 Å². The van der Waals surface area contributed by atoms with Gasteiger partial charge in [-0.1, -0.05) is 47.3 Å². The zero-order valence-electron chi connectivity index (χ0n) is 11.7. The Balaban J connectivity index is 1.83. The lowest BCUT2D eigenvalue weighted by Gasteiger charge is -2.35. The molecule has 1 fully saturated rings. The third kappa shape index (κ3) is 4.32. The van der Waals surface area contributed by atoms with Crippen molar-refractivity contribution in [2.45, 2.75) is 45.1 Å². The molecule has 0 spiro atoms. The number of esters is 1. The van der Waals surface area contributed by atoms with Crippen molar-refractivity contribution in [1.82, 2.24) is 0 Å². The first-order valence-corrected chi connectivity index (χ1v) is 8.03. The standard InChI is InChI=1S/C16H22BrNO2/c17-14-6-4-13(5-7-14)11-20-15(19)10-16(12-18)8-2-1-3-9-16/h4-7H,1-3,8-12,18H2. The topological polar surface area (TPSA) is 52.3 Å². The van der Waals surface area contributed by atoms with Crippen molar-refractivity contribution in [2.24, 2.45) is 11.1 Å². The number of halogens is 1. The van der Waals surface area contributed by atoms with Crippen molar-refractivity contribution < 1.29 is 9.53 Å². The maximum Gasteiger partial charge on any atom is 0.306 e. The van der Waals surface area contributed by atoms with Gasteiger partial charge >= 0.3 is 5.97 Å². The minimum Gasteiger partial charge on any atom is -0.461 e. The Labute approximate surface area is 129 Å². The number of ether oxygens (including phenoxy) is 1. The zero-order valence-corrected chi connectivity index (χ0v) is 13.3. The summed E-state index contributed by atoms with van der Waals surface area (Å²) in [4.78, 5) is 12.0. The first-order valence-electron chi connectivity index (χ1n) is 7.24. The van der Waals surface area contributed by atoms with Crippen molar-refractivity contribution in [3.63, 3.8) is 0 Å². The average Bonchev–Trinajstić information content (AvgIpc) is 2.47. The molecular weight excluding hydrogens is 318 g/mol. The van der Waals surface area contributed by atoms with Gasteiger partial charge in [-0.05, 0) is 42.5 Å². The Morgan fingerprint density at radius 2 is 1.85 bits per heavy atom. The molecule has 1 aromatic carbocycles. The number of nitrogens with two attached hydrogens (primary N) is 1. The second kappa shape index (κ2) is 7.23. The maximum atomic E-state index is 12.0. The second-order valence-corrected chi connectivity index (χ2v) is 6.64. The predicted octanol–water partition coefficient (Wildman–Crippen LogP) is 3.79. The van der Waals surface area contributed by atoms with Crippen molar-refractivity contribution in [3.05, 3.63) is 34.3 Å². The predicted molar refractivity (Wildman–Crippen MR) is 83.1 cm³/mol. The molecule has 0 aliphatic heterocycles. The highest BCUT2D eigenvalue weighted by atomic mass is 79.9. The van der Waals surface area contributed by atoms with Crippen LogP contribution in [0.4, 0.5) is 0 Å². The van der Waals surface area contributed by atoms with E-state index < -0.39 is 0 Å². The summed E-state index contributed by atoms with van der Waals surface area (Å²) < 4.78 is 6.41. The van der Waals surface area contributed by atoms with Crippen LogP contribution < -0.4 is 5.73 Å². The Bertz CT molecular complexity index is 438. The Morgan fingerprint density at radius 1 is 1.20 bits per heavy atom. The van der Waals surface area contributed by atoms with Crippen molar-refractivity contribution >= 4 is 21.9 Å². The van der Waals surface area contributed by atoms with Gasteiger partial charge in [0.25, 0.3) is 0 Å². The monoisotopic (exact) mass is 339 g/mol. The van der Waals surface area contributed by atoms with E-state index in [2.05, 4.69) is 15.9 Å². The molecule has 1 aliphatic rings. The second-order valence-electron chi connectivity index (χ2n) is 5.73. The van der Waals surface area contributed by atoms with Gasteiger partial charge in [-0.3, -0.25) is 4.79 Å². The fourth-order valence-corrected chi connectivity index (χ4v) is 3.12. The van der Waals surface area contributed by atoms with Gasteiger partial charge in [-0.2, -0.15) is 0 Å². The van der Waals surface area contributed by atoms with Crippen LogP contribution in [-0.2, 0) is 16.1 Å². The van der Waals surface area contributed by atoms with E-state index in [4.69, 9.17) is 10.5 Å². The number of carbonyl (C=O) groups is 1. The molecule has 2 rings (SSSR count). The lowest BCUT2D eigenvalue weighted by atomic mass is 9.72. The van der Waals surface area contributed by atoms with Crippen LogP contribution in [0.15, 0.2) is 28.7 Å². The Hall–Kier alpha value is -0.870. The zero-order chi connectivity index (χ0) is 14.4. The molecule has 2 N–H and O–H groups in total. The number of benzene rings is 1. The first-order chi connectivity index (χ1) is 9.63. The number of hydrogen-bond acceptors (Lipinski definition) is 3. The molecule has 3 nitrogen and oxygen atoms in total. The summed E-state index contributed by atoms with van der Waals surface area (Å²) in [6.45, 7) is 0.924. The van der Waals surface area contributed by atoms with E-state index in [1.165, 1.54) is 19.3 Å². The summed E-state index contributed by atoms with van der Waals surface area (Å²) in [7, 11) is 0. The lowest BCUT2D eigenvalue weighted by molar-refractivity contribution is -0.148. The highest BCUT2D eigenvalue weighted by Gasteiger charge is 2.33. The van der Waals surface area contributed by atoms with E-state index in [-0.39, 0.29) is 11.4 Å². The molecule has 20 heavy (non-hydrogen) atoms.